The summed E-state index contributed by atoms with van der Waals surface area (Å²) in [6.45, 7) is 3.87. The zero-order valence-corrected chi connectivity index (χ0v) is 21.8. The molecule has 2 N–H and O–H groups in total. The summed E-state index contributed by atoms with van der Waals surface area (Å²) in [4.78, 5) is 4.81. The molecule has 0 unspecified atom stereocenters. The van der Waals surface area contributed by atoms with Gasteiger partial charge in [0.15, 0.2) is 0 Å². The van der Waals surface area contributed by atoms with Crippen LogP contribution in [0.25, 0.3) is 0 Å². The van der Waals surface area contributed by atoms with Gasteiger partial charge in [0.2, 0.25) is 0 Å². The molecule has 3 aromatic carbocycles. The van der Waals surface area contributed by atoms with E-state index < -0.39 is 20.2 Å². The molecule has 192 valence electrons. The quantitative estimate of drug-likeness (QED) is 0.330. The minimum atomic E-state index is -5.56. The molecule has 4 rings (SSSR count). The molecule has 36 heavy (non-hydrogen) atoms. The smallest absolute Gasteiger partial charge is 0.369 e. The molecule has 0 atom stereocenters. The summed E-state index contributed by atoms with van der Waals surface area (Å²) >= 11 is 2.08. The number of piperazine rings is 1. The van der Waals surface area contributed by atoms with Crippen LogP contribution in [0.2, 0.25) is 0 Å². The van der Waals surface area contributed by atoms with Gasteiger partial charge in [-0.2, -0.15) is 13.2 Å². The zero-order valence-electron chi connectivity index (χ0n) is 19.3. The minimum Gasteiger partial charge on any atom is -0.369 e. The number of alkyl halides is 3. The lowest BCUT2D eigenvalue weighted by Gasteiger charge is -2.34. The second-order valence-corrected chi connectivity index (χ2v) is 11.8. The van der Waals surface area contributed by atoms with Gasteiger partial charge in [0.1, 0.15) is 4.90 Å². The zero-order chi connectivity index (χ0) is 25.8. The van der Waals surface area contributed by atoms with Gasteiger partial charge in [0, 0.05) is 47.3 Å². The molecule has 3 aromatic rings. The van der Waals surface area contributed by atoms with Crippen LogP contribution >= 0.6 is 23.9 Å². The summed E-state index contributed by atoms with van der Waals surface area (Å²) in [5.74, 6) is 0. The van der Waals surface area contributed by atoms with Crippen molar-refractivity contribution >= 4 is 50.8 Å². The van der Waals surface area contributed by atoms with Crippen LogP contribution in [0.1, 0.15) is 0 Å². The Labute approximate surface area is 217 Å². The van der Waals surface area contributed by atoms with Gasteiger partial charge in [0.05, 0.1) is 5.69 Å². The normalized spacial score (nSPS) is 15.1. The lowest BCUT2D eigenvalue weighted by molar-refractivity contribution is -0.0435. The standard InChI is InChI=1S/C24H25F3N4O2S3/c1-30-13-15-31(16-14-30)19-9-7-18(8-10-19)28-35-21-11-12-22(29-34-20-5-3-2-4-6-20)23(17-21)36(32,33)24(25,26)27/h2-12,17,28-29H,13-16H2,1H3. The van der Waals surface area contributed by atoms with Gasteiger partial charge in [-0.25, -0.2) is 8.42 Å². The number of nitrogens with zero attached hydrogens (tertiary/aromatic N) is 2. The van der Waals surface area contributed by atoms with Crippen molar-refractivity contribution in [3.63, 3.8) is 0 Å². The number of sulfone groups is 1. The van der Waals surface area contributed by atoms with Crippen LogP contribution in [0.4, 0.5) is 30.2 Å². The fourth-order valence-electron chi connectivity index (χ4n) is 3.52. The predicted octanol–water partition coefficient (Wildman–Crippen LogP) is 5.97. The Morgan fingerprint density at radius 1 is 0.806 bits per heavy atom. The van der Waals surface area contributed by atoms with E-state index in [-0.39, 0.29) is 5.69 Å². The first-order valence-corrected chi connectivity index (χ1v) is 14.1. The number of rotatable bonds is 8. The lowest BCUT2D eigenvalue weighted by atomic mass is 10.2. The second-order valence-electron chi connectivity index (χ2n) is 8.17. The molecule has 0 aromatic heterocycles. The van der Waals surface area contributed by atoms with Crippen LogP contribution in [-0.2, 0) is 9.84 Å². The molecule has 1 aliphatic rings. The molecule has 0 spiro atoms. The van der Waals surface area contributed by atoms with Crippen molar-refractivity contribution in [1.29, 1.82) is 0 Å². The van der Waals surface area contributed by atoms with Crippen molar-refractivity contribution in [2.45, 2.75) is 20.2 Å². The van der Waals surface area contributed by atoms with Crippen molar-refractivity contribution in [2.24, 2.45) is 0 Å². The molecule has 1 fully saturated rings. The molecule has 0 saturated carbocycles. The highest BCUT2D eigenvalue weighted by Gasteiger charge is 2.48. The predicted molar refractivity (Wildman–Crippen MR) is 141 cm³/mol. The van der Waals surface area contributed by atoms with Gasteiger partial charge in [-0.3, -0.25) is 0 Å². The van der Waals surface area contributed by atoms with Crippen molar-refractivity contribution in [3.05, 3.63) is 72.8 Å². The summed E-state index contributed by atoms with van der Waals surface area (Å²) in [7, 11) is -3.47. The summed E-state index contributed by atoms with van der Waals surface area (Å²) in [6, 6.07) is 20.6. The largest absolute Gasteiger partial charge is 0.501 e. The third kappa shape index (κ3) is 6.41. The SMILES string of the molecule is CN1CCN(c2ccc(NSc3ccc(NSc4ccccc4)c(S(=O)(=O)C(F)(F)F)c3)cc2)CC1. The second kappa shape index (κ2) is 11.2. The van der Waals surface area contributed by atoms with E-state index in [4.69, 9.17) is 0 Å². The molecular weight excluding hydrogens is 529 g/mol. The Kier molecular flexibility index (Phi) is 8.28. The van der Waals surface area contributed by atoms with Gasteiger partial charge in [-0.15, -0.1) is 0 Å². The molecule has 0 radical (unpaired) electrons. The topological polar surface area (TPSA) is 64.7 Å². The van der Waals surface area contributed by atoms with E-state index in [9.17, 15) is 21.6 Å². The van der Waals surface area contributed by atoms with Crippen molar-refractivity contribution in [3.8, 4) is 0 Å². The molecule has 1 saturated heterocycles. The third-order valence-electron chi connectivity index (χ3n) is 5.59. The van der Waals surface area contributed by atoms with Crippen molar-refractivity contribution in [1.82, 2.24) is 4.90 Å². The monoisotopic (exact) mass is 554 g/mol. The Morgan fingerprint density at radius 2 is 1.44 bits per heavy atom. The van der Waals surface area contributed by atoms with Gasteiger partial charge in [-0.05, 0) is 85.5 Å². The summed E-state index contributed by atoms with van der Waals surface area (Å²) in [6.07, 6.45) is 0. The average molecular weight is 555 g/mol. The van der Waals surface area contributed by atoms with Crippen LogP contribution < -0.4 is 14.3 Å². The number of likely N-dealkylation sites (N-methyl/N-ethyl adjacent to an activating group) is 1. The van der Waals surface area contributed by atoms with Crippen LogP contribution in [-0.4, -0.2) is 52.1 Å². The molecule has 1 heterocycles. The molecule has 0 aliphatic carbocycles. The van der Waals surface area contributed by atoms with E-state index in [2.05, 4.69) is 26.3 Å². The molecule has 6 nitrogen and oxygen atoms in total. The fourth-order valence-corrected chi connectivity index (χ4v) is 5.99. The maximum Gasteiger partial charge on any atom is 0.501 e. The Morgan fingerprint density at radius 3 is 2.08 bits per heavy atom. The van der Waals surface area contributed by atoms with E-state index in [1.165, 1.54) is 6.07 Å². The van der Waals surface area contributed by atoms with Gasteiger partial charge < -0.3 is 19.2 Å². The van der Waals surface area contributed by atoms with Gasteiger partial charge >= 0.3 is 5.51 Å². The Hall–Kier alpha value is -2.54. The lowest BCUT2D eigenvalue weighted by Crippen LogP contribution is -2.44. The number of nitrogens with one attached hydrogen (secondary N) is 2. The van der Waals surface area contributed by atoms with Crippen LogP contribution in [0.15, 0.2) is 87.5 Å². The van der Waals surface area contributed by atoms with Crippen LogP contribution in [0.5, 0.6) is 0 Å². The fraction of sp³-hybridized carbons (Fsp3) is 0.250. The first kappa shape index (κ1) is 26.5. The number of anilines is 3. The summed E-state index contributed by atoms with van der Waals surface area (Å²) < 4.78 is 70.7. The van der Waals surface area contributed by atoms with E-state index in [1.54, 1.807) is 30.3 Å². The summed E-state index contributed by atoms with van der Waals surface area (Å²) in [5.41, 5.74) is -3.71. The highest BCUT2D eigenvalue weighted by molar-refractivity contribution is 8.01. The molecule has 0 bridgehead atoms. The van der Waals surface area contributed by atoms with Crippen LogP contribution in [0, 0.1) is 0 Å². The maximum atomic E-state index is 13.4. The maximum absolute atomic E-state index is 13.4. The van der Waals surface area contributed by atoms with Gasteiger partial charge in [0.25, 0.3) is 9.84 Å². The number of hydrogen-bond donors (Lipinski definition) is 2. The number of hydrogen-bond acceptors (Lipinski definition) is 8. The first-order chi connectivity index (χ1) is 17.1. The average Bonchev–Trinajstić information content (AvgIpc) is 2.87. The number of halogens is 3. The van der Waals surface area contributed by atoms with E-state index in [0.717, 1.165) is 72.4 Å². The highest BCUT2D eigenvalue weighted by atomic mass is 32.2. The molecular formula is C24H25F3N4O2S3. The van der Waals surface area contributed by atoms with E-state index >= 15 is 0 Å². The van der Waals surface area contributed by atoms with Crippen molar-refractivity contribution < 1.29 is 21.6 Å². The first-order valence-electron chi connectivity index (χ1n) is 11.0. The summed E-state index contributed by atoms with van der Waals surface area (Å²) in [5, 5.41) is 0. The molecule has 0 amide bonds. The molecule has 1 aliphatic heterocycles. The van der Waals surface area contributed by atoms with Crippen molar-refractivity contribution in [2.75, 3.05) is 47.6 Å². The van der Waals surface area contributed by atoms with E-state index in [1.807, 2.05) is 30.3 Å². The molecule has 12 heteroatoms. The van der Waals surface area contributed by atoms with E-state index in [0.29, 0.717) is 4.90 Å². The Balaban J connectivity index is 1.48. The minimum absolute atomic E-state index is 0.137. The van der Waals surface area contributed by atoms with Gasteiger partial charge in [-0.1, -0.05) is 18.2 Å². The van der Waals surface area contributed by atoms with Crippen LogP contribution in [0.3, 0.4) is 0 Å². The Bertz CT molecular complexity index is 1270. The third-order valence-corrected chi connectivity index (χ3v) is 8.78. The highest BCUT2D eigenvalue weighted by Crippen LogP contribution is 2.38. The number of benzene rings is 3.